The number of hydrogen-bond donors (Lipinski definition) is 1. The monoisotopic (exact) mass is 388 g/mol. The number of benzene rings is 2. The zero-order valence-electron chi connectivity index (χ0n) is 16.8. The minimum atomic E-state index is -3.65. The first-order valence-corrected chi connectivity index (χ1v) is 10.8. The average molecular weight is 389 g/mol. The molecule has 0 radical (unpaired) electrons. The molecular weight excluding hydrogens is 360 g/mol. The molecule has 6 heteroatoms. The van der Waals surface area contributed by atoms with Crippen LogP contribution in [-0.4, -0.2) is 26.6 Å². The Morgan fingerprint density at radius 1 is 1.07 bits per heavy atom. The number of aryl methyl sites for hydroxylation is 3. The lowest BCUT2D eigenvalue weighted by Crippen LogP contribution is -2.47. The standard InChI is InChI=1S/C21H28N2O3S/c1-7-20(21(24)22-19-10-8-9-16(4)17(19)5)23(27(6,25)26)18-12-14(2)11-15(3)13-18/h8-13,20H,7H2,1-6H3,(H,22,24). The molecule has 27 heavy (non-hydrogen) atoms. The van der Waals surface area contributed by atoms with E-state index in [0.29, 0.717) is 17.8 Å². The second-order valence-electron chi connectivity index (χ2n) is 7.07. The van der Waals surface area contributed by atoms with Crippen LogP contribution in [0.15, 0.2) is 36.4 Å². The Bertz CT molecular complexity index is 932. The summed E-state index contributed by atoms with van der Waals surface area (Å²) in [6.45, 7) is 9.54. The molecule has 0 saturated carbocycles. The molecule has 0 aliphatic rings. The van der Waals surface area contributed by atoms with Crippen LogP contribution in [0.1, 0.15) is 35.6 Å². The highest BCUT2D eigenvalue weighted by molar-refractivity contribution is 7.92. The molecule has 1 unspecified atom stereocenters. The molecule has 1 atom stereocenters. The lowest BCUT2D eigenvalue weighted by Gasteiger charge is -2.30. The number of carbonyl (C=O) groups is 1. The van der Waals surface area contributed by atoms with Gasteiger partial charge in [0.2, 0.25) is 15.9 Å². The molecule has 0 heterocycles. The van der Waals surface area contributed by atoms with Crippen molar-refractivity contribution in [3.05, 3.63) is 58.7 Å². The van der Waals surface area contributed by atoms with E-state index < -0.39 is 16.1 Å². The number of nitrogens with zero attached hydrogens (tertiary/aromatic N) is 1. The van der Waals surface area contributed by atoms with Crippen molar-refractivity contribution >= 4 is 27.3 Å². The Hall–Kier alpha value is -2.34. The summed E-state index contributed by atoms with van der Waals surface area (Å²) in [6, 6.07) is 10.4. The summed E-state index contributed by atoms with van der Waals surface area (Å²) in [4.78, 5) is 13.0. The largest absolute Gasteiger partial charge is 0.324 e. The minimum absolute atomic E-state index is 0.337. The van der Waals surface area contributed by atoms with Gasteiger partial charge in [0.15, 0.2) is 0 Å². The SMILES string of the molecule is CCC(C(=O)Nc1cccc(C)c1C)N(c1cc(C)cc(C)c1)S(C)(=O)=O. The van der Waals surface area contributed by atoms with E-state index in [1.54, 1.807) is 12.1 Å². The van der Waals surface area contributed by atoms with E-state index in [4.69, 9.17) is 0 Å². The van der Waals surface area contributed by atoms with Gasteiger partial charge in [0.05, 0.1) is 11.9 Å². The molecule has 1 amide bonds. The molecule has 0 fully saturated rings. The molecule has 0 aliphatic heterocycles. The number of amides is 1. The van der Waals surface area contributed by atoms with E-state index in [2.05, 4.69) is 5.32 Å². The van der Waals surface area contributed by atoms with E-state index in [9.17, 15) is 13.2 Å². The predicted octanol–water partition coefficient (Wildman–Crippen LogP) is 4.10. The molecule has 0 aromatic heterocycles. The lowest BCUT2D eigenvalue weighted by atomic mass is 10.1. The van der Waals surface area contributed by atoms with Gasteiger partial charge in [-0.15, -0.1) is 0 Å². The lowest BCUT2D eigenvalue weighted by molar-refractivity contribution is -0.117. The van der Waals surface area contributed by atoms with Gasteiger partial charge in [0.25, 0.3) is 0 Å². The number of anilines is 2. The first-order valence-electron chi connectivity index (χ1n) is 8.99. The molecule has 5 nitrogen and oxygen atoms in total. The highest BCUT2D eigenvalue weighted by Gasteiger charge is 2.32. The smallest absolute Gasteiger partial charge is 0.248 e. The Balaban J connectivity index is 2.46. The van der Waals surface area contributed by atoms with Crippen molar-refractivity contribution in [3.8, 4) is 0 Å². The van der Waals surface area contributed by atoms with Gasteiger partial charge in [0, 0.05) is 5.69 Å². The molecule has 1 N–H and O–H groups in total. The molecule has 2 rings (SSSR count). The Morgan fingerprint density at radius 3 is 2.19 bits per heavy atom. The summed E-state index contributed by atoms with van der Waals surface area (Å²) in [5, 5.41) is 2.91. The molecule has 0 aliphatic carbocycles. The molecule has 2 aromatic carbocycles. The first-order chi connectivity index (χ1) is 12.5. The Kier molecular flexibility index (Phi) is 6.31. The van der Waals surface area contributed by atoms with Crippen LogP contribution >= 0.6 is 0 Å². The summed E-state index contributed by atoms with van der Waals surface area (Å²) in [5.74, 6) is -0.337. The zero-order chi connectivity index (χ0) is 20.4. The van der Waals surface area contributed by atoms with Gasteiger partial charge in [-0.3, -0.25) is 9.10 Å². The maximum Gasteiger partial charge on any atom is 0.248 e. The summed E-state index contributed by atoms with van der Waals surface area (Å²) in [7, 11) is -3.65. The molecule has 0 spiro atoms. The number of nitrogens with one attached hydrogen (secondary N) is 1. The van der Waals surface area contributed by atoms with Crippen molar-refractivity contribution in [3.63, 3.8) is 0 Å². The van der Waals surface area contributed by atoms with Crippen LogP contribution in [-0.2, 0) is 14.8 Å². The van der Waals surface area contributed by atoms with Gasteiger partial charge < -0.3 is 5.32 Å². The van der Waals surface area contributed by atoms with E-state index >= 15 is 0 Å². The van der Waals surface area contributed by atoms with Crippen molar-refractivity contribution in [1.29, 1.82) is 0 Å². The van der Waals surface area contributed by atoms with Gasteiger partial charge in [-0.05, 0) is 74.6 Å². The molecular formula is C21H28N2O3S. The van der Waals surface area contributed by atoms with Gasteiger partial charge in [-0.1, -0.05) is 25.1 Å². The quantitative estimate of drug-likeness (QED) is 0.810. The van der Waals surface area contributed by atoms with Crippen LogP contribution in [0.25, 0.3) is 0 Å². The van der Waals surface area contributed by atoms with E-state index in [1.807, 2.05) is 58.9 Å². The zero-order valence-corrected chi connectivity index (χ0v) is 17.6. The summed E-state index contributed by atoms with van der Waals surface area (Å²) in [5.41, 5.74) is 5.14. The molecule has 2 aromatic rings. The highest BCUT2D eigenvalue weighted by atomic mass is 32.2. The van der Waals surface area contributed by atoms with Crippen molar-refractivity contribution < 1.29 is 13.2 Å². The van der Waals surface area contributed by atoms with Crippen molar-refractivity contribution in [1.82, 2.24) is 0 Å². The maximum atomic E-state index is 13.0. The Morgan fingerprint density at radius 2 is 1.67 bits per heavy atom. The van der Waals surface area contributed by atoms with Crippen molar-refractivity contribution in [2.75, 3.05) is 15.9 Å². The third-order valence-electron chi connectivity index (χ3n) is 4.65. The summed E-state index contributed by atoms with van der Waals surface area (Å²) >= 11 is 0. The predicted molar refractivity (Wildman–Crippen MR) is 112 cm³/mol. The maximum absolute atomic E-state index is 13.0. The van der Waals surface area contributed by atoms with Crippen molar-refractivity contribution in [2.45, 2.75) is 47.1 Å². The fourth-order valence-corrected chi connectivity index (χ4v) is 4.44. The number of hydrogen-bond acceptors (Lipinski definition) is 3. The fraction of sp³-hybridized carbons (Fsp3) is 0.381. The molecule has 0 bridgehead atoms. The number of rotatable bonds is 6. The second kappa shape index (κ2) is 8.13. The number of carbonyl (C=O) groups excluding carboxylic acids is 1. The Labute approximate surface area is 162 Å². The highest BCUT2D eigenvalue weighted by Crippen LogP contribution is 2.26. The normalized spacial score (nSPS) is 12.5. The average Bonchev–Trinajstić information content (AvgIpc) is 2.54. The van der Waals surface area contributed by atoms with E-state index in [-0.39, 0.29) is 5.91 Å². The van der Waals surface area contributed by atoms with E-state index in [1.165, 1.54) is 4.31 Å². The van der Waals surface area contributed by atoms with Crippen LogP contribution in [0.2, 0.25) is 0 Å². The van der Waals surface area contributed by atoms with Crippen LogP contribution in [0, 0.1) is 27.7 Å². The fourth-order valence-electron chi connectivity index (χ4n) is 3.24. The first kappa shape index (κ1) is 21.0. The minimum Gasteiger partial charge on any atom is -0.324 e. The van der Waals surface area contributed by atoms with E-state index in [0.717, 1.165) is 28.5 Å². The molecule has 0 saturated heterocycles. The van der Waals surface area contributed by atoms with Crippen LogP contribution in [0.3, 0.4) is 0 Å². The van der Waals surface area contributed by atoms with Gasteiger partial charge >= 0.3 is 0 Å². The third-order valence-corrected chi connectivity index (χ3v) is 5.83. The topological polar surface area (TPSA) is 66.5 Å². The van der Waals surface area contributed by atoms with Crippen LogP contribution < -0.4 is 9.62 Å². The number of sulfonamides is 1. The van der Waals surface area contributed by atoms with Gasteiger partial charge in [-0.25, -0.2) is 8.42 Å². The van der Waals surface area contributed by atoms with Crippen LogP contribution in [0.5, 0.6) is 0 Å². The summed E-state index contributed by atoms with van der Waals surface area (Å²) < 4.78 is 26.4. The van der Waals surface area contributed by atoms with Crippen LogP contribution in [0.4, 0.5) is 11.4 Å². The van der Waals surface area contributed by atoms with Crippen molar-refractivity contribution in [2.24, 2.45) is 0 Å². The van der Waals surface area contributed by atoms with Gasteiger partial charge in [0.1, 0.15) is 6.04 Å². The second-order valence-corrected chi connectivity index (χ2v) is 8.92. The third kappa shape index (κ3) is 4.89. The molecule has 146 valence electrons. The summed E-state index contributed by atoms with van der Waals surface area (Å²) in [6.07, 6.45) is 1.50. The van der Waals surface area contributed by atoms with Gasteiger partial charge in [-0.2, -0.15) is 0 Å².